The van der Waals surface area contributed by atoms with Gasteiger partial charge in [-0.1, -0.05) is 13.3 Å². The van der Waals surface area contributed by atoms with Gasteiger partial charge in [-0.2, -0.15) is 0 Å². The number of hydrogen-bond donors (Lipinski definition) is 2. The van der Waals surface area contributed by atoms with E-state index in [1.54, 1.807) is 7.11 Å². The van der Waals surface area contributed by atoms with Crippen molar-refractivity contribution in [3.8, 4) is 0 Å². The normalized spacial score (nSPS) is 26.3. The van der Waals surface area contributed by atoms with Crippen LogP contribution in [0.2, 0.25) is 0 Å². The van der Waals surface area contributed by atoms with Gasteiger partial charge in [0.15, 0.2) is 0 Å². The van der Waals surface area contributed by atoms with Crippen molar-refractivity contribution in [2.75, 3.05) is 40.4 Å². The molecule has 0 saturated heterocycles. The summed E-state index contributed by atoms with van der Waals surface area (Å²) < 4.78 is 5.05. The van der Waals surface area contributed by atoms with Crippen molar-refractivity contribution >= 4 is 5.97 Å². The first-order valence-corrected chi connectivity index (χ1v) is 7.72. The second-order valence-electron chi connectivity index (χ2n) is 5.83. The molecule has 0 amide bonds. The molecule has 2 unspecified atom stereocenters. The highest BCUT2D eigenvalue weighted by molar-refractivity contribution is 5.79. The predicted octanol–water partition coefficient (Wildman–Crippen LogP) is 1.58. The third-order valence-electron chi connectivity index (χ3n) is 4.44. The Labute approximate surface area is 122 Å². The third kappa shape index (κ3) is 4.43. The van der Waals surface area contributed by atoms with Crippen LogP contribution in [-0.4, -0.2) is 61.9 Å². The lowest BCUT2D eigenvalue weighted by atomic mass is 9.84. The van der Waals surface area contributed by atoms with Crippen LogP contribution in [0.1, 0.15) is 39.0 Å². The predicted molar refractivity (Wildman–Crippen MR) is 80.0 cm³/mol. The van der Waals surface area contributed by atoms with Crippen molar-refractivity contribution in [3.05, 3.63) is 0 Å². The number of carboxylic acids is 1. The van der Waals surface area contributed by atoms with Crippen molar-refractivity contribution < 1.29 is 14.6 Å². The molecule has 118 valence electrons. The Morgan fingerprint density at radius 3 is 2.85 bits per heavy atom. The Morgan fingerprint density at radius 1 is 1.50 bits per heavy atom. The van der Waals surface area contributed by atoms with Gasteiger partial charge in [0, 0.05) is 20.3 Å². The molecule has 1 rings (SSSR count). The molecule has 2 N–H and O–H groups in total. The van der Waals surface area contributed by atoms with E-state index in [2.05, 4.69) is 17.3 Å². The molecule has 20 heavy (non-hydrogen) atoms. The molecule has 0 aromatic rings. The number of methoxy groups -OCH3 is 1. The average molecular weight is 286 g/mol. The minimum absolute atomic E-state index is 0.241. The molecule has 0 aliphatic heterocycles. The lowest BCUT2D eigenvalue weighted by Gasteiger charge is -2.33. The van der Waals surface area contributed by atoms with Crippen LogP contribution in [0.3, 0.4) is 0 Å². The van der Waals surface area contributed by atoms with Gasteiger partial charge in [0.05, 0.1) is 0 Å². The van der Waals surface area contributed by atoms with Crippen LogP contribution in [0, 0.1) is 5.92 Å². The Kier molecular flexibility index (Phi) is 7.48. The van der Waals surface area contributed by atoms with E-state index in [0.717, 1.165) is 51.8 Å². The Balaban J connectivity index is 2.46. The van der Waals surface area contributed by atoms with Crippen LogP contribution in [0.15, 0.2) is 0 Å². The van der Waals surface area contributed by atoms with E-state index in [1.165, 1.54) is 0 Å². The molecule has 0 bridgehead atoms. The monoisotopic (exact) mass is 286 g/mol. The summed E-state index contributed by atoms with van der Waals surface area (Å²) in [5.74, 6) is -0.436. The highest BCUT2D eigenvalue weighted by Gasteiger charge is 2.48. The van der Waals surface area contributed by atoms with E-state index in [9.17, 15) is 9.90 Å². The van der Waals surface area contributed by atoms with Gasteiger partial charge in [-0.25, -0.2) is 0 Å². The summed E-state index contributed by atoms with van der Waals surface area (Å²) in [4.78, 5) is 14.0. The molecule has 0 aromatic carbocycles. The number of likely N-dealkylation sites (N-methyl/N-ethyl adjacent to an activating group) is 1. The summed E-state index contributed by atoms with van der Waals surface area (Å²) in [7, 11) is 3.82. The van der Waals surface area contributed by atoms with Gasteiger partial charge in [0.1, 0.15) is 5.54 Å². The Morgan fingerprint density at radius 2 is 2.25 bits per heavy atom. The molecular formula is C15H30N2O3. The number of hydrogen-bond acceptors (Lipinski definition) is 4. The zero-order valence-electron chi connectivity index (χ0n) is 13.2. The summed E-state index contributed by atoms with van der Waals surface area (Å²) in [6.07, 6.45) is 4.76. The second kappa shape index (κ2) is 8.60. The van der Waals surface area contributed by atoms with Crippen molar-refractivity contribution in [2.45, 2.75) is 44.6 Å². The summed E-state index contributed by atoms with van der Waals surface area (Å²) in [5, 5.41) is 12.9. The molecule has 1 saturated carbocycles. The minimum atomic E-state index is -0.692. The van der Waals surface area contributed by atoms with Crippen molar-refractivity contribution in [2.24, 2.45) is 5.92 Å². The fourth-order valence-corrected chi connectivity index (χ4v) is 3.34. The van der Waals surface area contributed by atoms with Crippen LogP contribution >= 0.6 is 0 Å². The fourth-order valence-electron chi connectivity index (χ4n) is 3.34. The average Bonchev–Trinajstić information content (AvgIpc) is 2.81. The van der Waals surface area contributed by atoms with Gasteiger partial charge in [-0.05, 0) is 51.7 Å². The summed E-state index contributed by atoms with van der Waals surface area (Å²) >= 11 is 0. The number of nitrogens with one attached hydrogen (secondary N) is 1. The molecule has 1 aliphatic carbocycles. The fraction of sp³-hybridized carbons (Fsp3) is 0.933. The first-order valence-electron chi connectivity index (χ1n) is 7.72. The summed E-state index contributed by atoms with van der Waals surface area (Å²) in [5.41, 5.74) is -0.692. The third-order valence-corrected chi connectivity index (χ3v) is 4.44. The Bertz CT molecular complexity index is 299. The molecule has 0 heterocycles. The standard InChI is InChI=1S/C15H30N2O3/c1-4-16-15(14(18)19)9-5-7-13(15)8-11-17(2)10-6-12-20-3/h13,16H,4-12H2,1-3H3,(H,18,19). The van der Waals surface area contributed by atoms with Crippen LogP contribution in [-0.2, 0) is 9.53 Å². The van der Waals surface area contributed by atoms with Crippen LogP contribution in [0.5, 0.6) is 0 Å². The zero-order valence-corrected chi connectivity index (χ0v) is 13.2. The van der Waals surface area contributed by atoms with Gasteiger partial charge in [0.25, 0.3) is 0 Å². The smallest absolute Gasteiger partial charge is 0.324 e. The maximum Gasteiger partial charge on any atom is 0.324 e. The van der Waals surface area contributed by atoms with Crippen molar-refractivity contribution in [1.82, 2.24) is 10.2 Å². The number of carboxylic acid groups (broad SMARTS) is 1. The summed E-state index contributed by atoms with van der Waals surface area (Å²) in [6, 6.07) is 0. The molecule has 1 fully saturated rings. The van der Waals surface area contributed by atoms with Gasteiger partial charge >= 0.3 is 5.97 Å². The van der Waals surface area contributed by atoms with Crippen LogP contribution in [0.25, 0.3) is 0 Å². The maximum absolute atomic E-state index is 11.7. The lowest BCUT2D eigenvalue weighted by Crippen LogP contribution is -2.55. The molecular weight excluding hydrogens is 256 g/mol. The van der Waals surface area contributed by atoms with Gasteiger partial charge in [-0.3, -0.25) is 4.79 Å². The molecule has 5 nitrogen and oxygen atoms in total. The molecule has 2 atom stereocenters. The largest absolute Gasteiger partial charge is 0.480 e. The van der Waals surface area contributed by atoms with Crippen LogP contribution in [0.4, 0.5) is 0 Å². The van der Waals surface area contributed by atoms with E-state index >= 15 is 0 Å². The van der Waals surface area contributed by atoms with Crippen molar-refractivity contribution in [3.63, 3.8) is 0 Å². The molecule has 0 aromatic heterocycles. The quantitative estimate of drug-likeness (QED) is 0.597. The second-order valence-corrected chi connectivity index (χ2v) is 5.83. The molecule has 0 spiro atoms. The Hall–Kier alpha value is -0.650. The minimum Gasteiger partial charge on any atom is -0.480 e. The van der Waals surface area contributed by atoms with Crippen LogP contribution < -0.4 is 5.32 Å². The first-order chi connectivity index (χ1) is 9.56. The van der Waals surface area contributed by atoms with Gasteiger partial charge < -0.3 is 20.1 Å². The molecule has 0 radical (unpaired) electrons. The van der Waals surface area contributed by atoms with E-state index in [1.807, 2.05) is 6.92 Å². The van der Waals surface area contributed by atoms with E-state index in [4.69, 9.17) is 4.74 Å². The SMILES string of the molecule is CCNC1(C(=O)O)CCCC1CCN(C)CCCOC. The first kappa shape index (κ1) is 17.4. The topological polar surface area (TPSA) is 61.8 Å². The number of ether oxygens (including phenoxy) is 1. The number of nitrogens with zero attached hydrogens (tertiary/aromatic N) is 1. The van der Waals surface area contributed by atoms with Gasteiger partial charge in [0.2, 0.25) is 0 Å². The zero-order chi connectivity index (χ0) is 15.0. The number of carbonyl (C=O) groups is 1. The van der Waals surface area contributed by atoms with E-state index < -0.39 is 11.5 Å². The van der Waals surface area contributed by atoms with E-state index in [-0.39, 0.29) is 5.92 Å². The number of rotatable bonds is 10. The van der Waals surface area contributed by atoms with Gasteiger partial charge in [-0.15, -0.1) is 0 Å². The van der Waals surface area contributed by atoms with E-state index in [0.29, 0.717) is 6.54 Å². The summed E-state index contributed by atoms with van der Waals surface area (Å²) in [6.45, 7) is 5.43. The lowest BCUT2D eigenvalue weighted by molar-refractivity contribution is -0.146. The highest BCUT2D eigenvalue weighted by Crippen LogP contribution is 2.38. The maximum atomic E-state index is 11.7. The van der Waals surface area contributed by atoms with Crippen molar-refractivity contribution in [1.29, 1.82) is 0 Å². The molecule has 5 heteroatoms. The highest BCUT2D eigenvalue weighted by atomic mass is 16.5. The number of aliphatic carboxylic acids is 1. The molecule has 1 aliphatic rings.